The van der Waals surface area contributed by atoms with Crippen LogP contribution in [0.15, 0.2) is 54.6 Å². The third kappa shape index (κ3) is 4.35. The number of pyridine rings is 1. The molecule has 0 amide bonds. The lowest BCUT2D eigenvalue weighted by molar-refractivity contribution is 0.398. The highest BCUT2D eigenvalue weighted by molar-refractivity contribution is 5.77. The van der Waals surface area contributed by atoms with Crippen LogP contribution in [0.1, 0.15) is 0 Å². The summed E-state index contributed by atoms with van der Waals surface area (Å²) in [5.41, 5.74) is 3.04. The van der Waals surface area contributed by atoms with Gasteiger partial charge in [0.2, 0.25) is 5.88 Å². The number of hydrogen-bond acceptors (Lipinski definition) is 6. The number of halogens is 1. The fourth-order valence-corrected chi connectivity index (χ4v) is 3.81. The van der Waals surface area contributed by atoms with Crippen molar-refractivity contribution in [3.63, 3.8) is 0 Å². The van der Waals surface area contributed by atoms with Crippen LogP contribution in [0.4, 0.5) is 15.8 Å². The van der Waals surface area contributed by atoms with Crippen molar-refractivity contribution < 1.29 is 18.6 Å². The summed E-state index contributed by atoms with van der Waals surface area (Å²) in [6.07, 6.45) is 0. The lowest BCUT2D eigenvalue weighted by atomic mass is 10.1. The molecule has 3 aromatic rings. The number of ether oxygens (including phenoxy) is 3. The SMILES string of the molecule is COc1ccc(N2CCN(c3ccc(OC)nc3-c3ccc(OC)cc3F)CC2)cc1. The predicted molar refractivity (Wildman–Crippen MR) is 120 cm³/mol. The van der Waals surface area contributed by atoms with E-state index < -0.39 is 0 Å². The second kappa shape index (κ2) is 9.12. The van der Waals surface area contributed by atoms with Crippen molar-refractivity contribution in [3.8, 4) is 28.6 Å². The molecule has 1 aliphatic heterocycles. The van der Waals surface area contributed by atoms with Crippen LogP contribution >= 0.6 is 0 Å². The van der Waals surface area contributed by atoms with Crippen LogP contribution in [0.2, 0.25) is 0 Å². The standard InChI is InChI=1S/C24H26FN3O3/c1-29-18-6-4-17(5-7-18)27-12-14-28(15-13-27)22-10-11-23(31-3)26-24(22)20-9-8-19(30-2)16-21(20)25/h4-11,16H,12-15H2,1-3H3. The highest BCUT2D eigenvalue weighted by Gasteiger charge is 2.23. The van der Waals surface area contributed by atoms with Crippen molar-refractivity contribution in [2.75, 3.05) is 57.3 Å². The van der Waals surface area contributed by atoms with Gasteiger partial charge in [-0.05, 0) is 42.5 Å². The summed E-state index contributed by atoms with van der Waals surface area (Å²) in [4.78, 5) is 9.15. The van der Waals surface area contributed by atoms with Gasteiger partial charge in [0.25, 0.3) is 0 Å². The Bertz CT molecular complexity index is 1030. The molecule has 4 rings (SSSR count). The topological polar surface area (TPSA) is 47.1 Å². The van der Waals surface area contributed by atoms with E-state index in [1.807, 2.05) is 24.3 Å². The monoisotopic (exact) mass is 423 g/mol. The largest absolute Gasteiger partial charge is 0.497 e. The molecule has 0 N–H and O–H groups in total. The molecular formula is C24H26FN3O3. The molecule has 1 saturated heterocycles. The zero-order chi connectivity index (χ0) is 21.8. The third-order valence-electron chi connectivity index (χ3n) is 5.55. The highest BCUT2D eigenvalue weighted by Crippen LogP contribution is 2.35. The minimum Gasteiger partial charge on any atom is -0.497 e. The zero-order valence-electron chi connectivity index (χ0n) is 18.0. The first-order chi connectivity index (χ1) is 15.1. The molecule has 0 saturated carbocycles. The van der Waals surface area contributed by atoms with Gasteiger partial charge in [-0.2, -0.15) is 0 Å². The molecule has 7 heteroatoms. The van der Waals surface area contributed by atoms with Crippen LogP contribution < -0.4 is 24.0 Å². The van der Waals surface area contributed by atoms with Crippen LogP contribution in [0, 0.1) is 5.82 Å². The van der Waals surface area contributed by atoms with Gasteiger partial charge in [0.05, 0.1) is 27.0 Å². The smallest absolute Gasteiger partial charge is 0.213 e. The maximum Gasteiger partial charge on any atom is 0.213 e. The van der Waals surface area contributed by atoms with Gasteiger partial charge in [0, 0.05) is 49.6 Å². The Morgan fingerprint density at radius 1 is 0.742 bits per heavy atom. The lowest BCUT2D eigenvalue weighted by Gasteiger charge is -2.38. The summed E-state index contributed by atoms with van der Waals surface area (Å²) in [6.45, 7) is 3.29. The number of anilines is 2. The minimum absolute atomic E-state index is 0.377. The summed E-state index contributed by atoms with van der Waals surface area (Å²) in [7, 11) is 4.75. The zero-order valence-corrected chi connectivity index (χ0v) is 18.0. The fraction of sp³-hybridized carbons (Fsp3) is 0.292. The van der Waals surface area contributed by atoms with Crippen molar-refractivity contribution in [1.29, 1.82) is 0 Å². The second-order valence-corrected chi connectivity index (χ2v) is 7.24. The average Bonchev–Trinajstić information content (AvgIpc) is 2.83. The minimum atomic E-state index is -0.377. The lowest BCUT2D eigenvalue weighted by Crippen LogP contribution is -2.46. The Labute approximate surface area is 181 Å². The summed E-state index contributed by atoms with van der Waals surface area (Å²) < 4.78 is 30.5. The molecule has 0 radical (unpaired) electrons. The van der Waals surface area contributed by atoms with E-state index in [-0.39, 0.29) is 5.82 Å². The van der Waals surface area contributed by atoms with Gasteiger partial charge in [-0.15, -0.1) is 0 Å². The highest BCUT2D eigenvalue weighted by atomic mass is 19.1. The van der Waals surface area contributed by atoms with Crippen LogP contribution in [0.25, 0.3) is 11.3 Å². The number of hydrogen-bond donors (Lipinski definition) is 0. The Morgan fingerprint density at radius 2 is 1.39 bits per heavy atom. The van der Waals surface area contributed by atoms with E-state index in [1.54, 1.807) is 26.4 Å². The van der Waals surface area contributed by atoms with Crippen LogP contribution in [0.5, 0.6) is 17.4 Å². The number of rotatable bonds is 6. The summed E-state index contributed by atoms with van der Waals surface area (Å²) >= 11 is 0. The van der Waals surface area contributed by atoms with Gasteiger partial charge < -0.3 is 24.0 Å². The summed E-state index contributed by atoms with van der Waals surface area (Å²) in [6, 6.07) is 16.7. The van der Waals surface area contributed by atoms with Gasteiger partial charge in [0.15, 0.2) is 0 Å². The van der Waals surface area contributed by atoms with Crippen LogP contribution in [-0.4, -0.2) is 52.5 Å². The van der Waals surface area contributed by atoms with Crippen molar-refractivity contribution in [3.05, 3.63) is 60.4 Å². The molecule has 31 heavy (non-hydrogen) atoms. The van der Waals surface area contributed by atoms with Crippen molar-refractivity contribution >= 4 is 11.4 Å². The Hall–Kier alpha value is -3.48. The predicted octanol–water partition coefficient (Wildman–Crippen LogP) is 4.24. The van der Waals surface area contributed by atoms with E-state index in [1.165, 1.54) is 13.2 Å². The molecule has 1 fully saturated rings. The quantitative estimate of drug-likeness (QED) is 0.591. The number of aromatic nitrogens is 1. The molecule has 2 aromatic carbocycles. The van der Waals surface area contributed by atoms with E-state index in [0.29, 0.717) is 22.9 Å². The van der Waals surface area contributed by atoms with Crippen LogP contribution in [-0.2, 0) is 0 Å². The maximum atomic E-state index is 14.9. The van der Waals surface area contributed by atoms with Crippen molar-refractivity contribution in [1.82, 2.24) is 4.98 Å². The molecule has 0 spiro atoms. The molecular weight excluding hydrogens is 397 g/mol. The first kappa shape index (κ1) is 20.8. The van der Waals surface area contributed by atoms with E-state index in [9.17, 15) is 4.39 Å². The third-order valence-corrected chi connectivity index (χ3v) is 5.55. The fourth-order valence-electron chi connectivity index (χ4n) is 3.81. The van der Waals surface area contributed by atoms with Gasteiger partial charge >= 0.3 is 0 Å². The summed E-state index contributed by atoms with van der Waals surface area (Å²) in [5, 5.41) is 0. The van der Waals surface area contributed by atoms with E-state index in [0.717, 1.165) is 43.3 Å². The van der Waals surface area contributed by atoms with E-state index in [4.69, 9.17) is 14.2 Å². The summed E-state index contributed by atoms with van der Waals surface area (Å²) in [5.74, 6) is 1.39. The number of methoxy groups -OCH3 is 3. The van der Waals surface area contributed by atoms with Gasteiger partial charge in [-0.3, -0.25) is 0 Å². The Balaban J connectivity index is 1.58. The van der Waals surface area contributed by atoms with Gasteiger partial charge in [-0.25, -0.2) is 9.37 Å². The normalized spacial score (nSPS) is 13.8. The first-order valence-electron chi connectivity index (χ1n) is 10.2. The van der Waals surface area contributed by atoms with E-state index in [2.05, 4.69) is 26.9 Å². The molecule has 1 aliphatic rings. The Morgan fingerprint density at radius 3 is 2.00 bits per heavy atom. The number of benzene rings is 2. The molecule has 0 bridgehead atoms. The molecule has 0 atom stereocenters. The maximum absolute atomic E-state index is 14.9. The molecule has 162 valence electrons. The van der Waals surface area contributed by atoms with Crippen LogP contribution in [0.3, 0.4) is 0 Å². The molecule has 2 heterocycles. The molecule has 1 aromatic heterocycles. The number of piperazine rings is 1. The number of nitrogens with zero attached hydrogens (tertiary/aromatic N) is 3. The first-order valence-corrected chi connectivity index (χ1v) is 10.2. The Kier molecular flexibility index (Phi) is 6.11. The molecule has 0 aliphatic carbocycles. The van der Waals surface area contributed by atoms with Crippen molar-refractivity contribution in [2.24, 2.45) is 0 Å². The van der Waals surface area contributed by atoms with Gasteiger partial charge in [0.1, 0.15) is 23.0 Å². The van der Waals surface area contributed by atoms with E-state index >= 15 is 0 Å². The molecule has 6 nitrogen and oxygen atoms in total. The molecule has 0 unspecified atom stereocenters. The van der Waals surface area contributed by atoms with Crippen molar-refractivity contribution in [2.45, 2.75) is 0 Å². The second-order valence-electron chi connectivity index (χ2n) is 7.24. The van der Waals surface area contributed by atoms with Gasteiger partial charge in [-0.1, -0.05) is 0 Å². The average molecular weight is 423 g/mol.